The maximum Gasteiger partial charge on any atom is 0.271 e. The summed E-state index contributed by atoms with van der Waals surface area (Å²) < 4.78 is 0. The number of nitro benzene ring substituents is 1. The van der Waals surface area contributed by atoms with Crippen LogP contribution in [0.25, 0.3) is 0 Å². The summed E-state index contributed by atoms with van der Waals surface area (Å²) in [4.78, 5) is 23.1. The number of hydrogen-bond donors (Lipinski definition) is 1. The molecule has 0 fully saturated rings. The third-order valence-electron chi connectivity index (χ3n) is 2.49. The third-order valence-corrected chi connectivity index (χ3v) is 2.81. The van der Waals surface area contributed by atoms with Crippen LogP contribution in [-0.2, 0) is 4.79 Å². The number of nitrogens with zero attached hydrogens (tertiary/aromatic N) is 2. The van der Waals surface area contributed by atoms with Crippen LogP contribution in [-0.4, -0.2) is 35.9 Å². The largest absolute Gasteiger partial charge is 0.375 e. The second-order valence-corrected chi connectivity index (χ2v) is 4.09. The Morgan fingerprint density at radius 1 is 1.56 bits per heavy atom. The van der Waals surface area contributed by atoms with E-state index in [0.717, 1.165) is 0 Å². The lowest BCUT2D eigenvalue weighted by atomic mass is 10.3. The molecule has 0 aliphatic carbocycles. The van der Waals surface area contributed by atoms with Crippen molar-refractivity contribution in [3.63, 3.8) is 0 Å². The van der Waals surface area contributed by atoms with Crippen LogP contribution in [0.1, 0.15) is 6.92 Å². The van der Waals surface area contributed by atoms with Gasteiger partial charge in [-0.2, -0.15) is 0 Å². The molecule has 98 valence electrons. The van der Waals surface area contributed by atoms with Crippen LogP contribution in [0.15, 0.2) is 18.2 Å². The molecule has 1 amide bonds. The van der Waals surface area contributed by atoms with Crippen molar-refractivity contribution in [3.05, 3.63) is 33.3 Å². The Morgan fingerprint density at radius 3 is 2.72 bits per heavy atom. The molecule has 0 saturated heterocycles. The zero-order valence-corrected chi connectivity index (χ0v) is 10.9. The van der Waals surface area contributed by atoms with Crippen molar-refractivity contribution >= 4 is 28.9 Å². The van der Waals surface area contributed by atoms with Gasteiger partial charge < -0.3 is 10.2 Å². The van der Waals surface area contributed by atoms with E-state index >= 15 is 0 Å². The Labute approximate surface area is 110 Å². The van der Waals surface area contributed by atoms with Crippen LogP contribution in [0.2, 0.25) is 5.02 Å². The summed E-state index contributed by atoms with van der Waals surface area (Å²) in [6.45, 7) is 2.59. The molecule has 0 atom stereocenters. The number of hydrogen-bond acceptors (Lipinski definition) is 4. The van der Waals surface area contributed by atoms with E-state index in [1.165, 1.54) is 18.2 Å². The van der Waals surface area contributed by atoms with Crippen LogP contribution in [0.4, 0.5) is 11.4 Å². The molecule has 0 unspecified atom stereocenters. The van der Waals surface area contributed by atoms with Crippen molar-refractivity contribution in [3.8, 4) is 0 Å². The number of benzene rings is 1. The van der Waals surface area contributed by atoms with Crippen molar-refractivity contribution in [1.82, 2.24) is 4.90 Å². The summed E-state index contributed by atoms with van der Waals surface area (Å²) in [7, 11) is 1.70. The number of halogens is 1. The molecule has 0 aromatic heterocycles. The predicted octanol–water partition coefficient (Wildman–Crippen LogP) is 2.14. The Balaban J connectivity index is 2.69. The molecule has 18 heavy (non-hydrogen) atoms. The number of likely N-dealkylation sites (N-methyl/N-ethyl adjacent to an activating group) is 1. The average molecular weight is 272 g/mol. The van der Waals surface area contributed by atoms with Crippen LogP contribution >= 0.6 is 11.6 Å². The number of carbonyl (C=O) groups is 1. The Hall–Kier alpha value is -1.82. The lowest BCUT2D eigenvalue weighted by Crippen LogP contribution is -2.31. The first-order chi connectivity index (χ1) is 8.45. The summed E-state index contributed by atoms with van der Waals surface area (Å²) in [5.74, 6) is -0.0769. The maximum absolute atomic E-state index is 11.5. The number of non-ortho nitro benzene ring substituents is 1. The summed E-state index contributed by atoms with van der Waals surface area (Å²) >= 11 is 5.88. The molecule has 1 rings (SSSR count). The van der Waals surface area contributed by atoms with Crippen molar-refractivity contribution in [2.45, 2.75) is 6.92 Å². The molecule has 0 radical (unpaired) electrons. The molecule has 7 heteroatoms. The lowest BCUT2D eigenvalue weighted by molar-refractivity contribution is -0.384. The first-order valence-corrected chi connectivity index (χ1v) is 5.75. The van der Waals surface area contributed by atoms with Crippen LogP contribution < -0.4 is 5.32 Å². The van der Waals surface area contributed by atoms with Crippen LogP contribution in [0, 0.1) is 10.1 Å². The zero-order chi connectivity index (χ0) is 13.7. The van der Waals surface area contributed by atoms with Gasteiger partial charge >= 0.3 is 0 Å². The highest BCUT2D eigenvalue weighted by atomic mass is 35.5. The molecule has 1 aromatic carbocycles. The number of nitrogens with one attached hydrogen (secondary N) is 1. The molecule has 1 aromatic rings. The molecular formula is C11H14ClN3O3. The van der Waals surface area contributed by atoms with Gasteiger partial charge in [0.25, 0.3) is 5.69 Å². The second-order valence-electron chi connectivity index (χ2n) is 3.68. The normalized spacial score (nSPS) is 9.94. The fourth-order valence-corrected chi connectivity index (χ4v) is 1.48. The molecule has 0 spiro atoms. The molecule has 0 bridgehead atoms. The smallest absolute Gasteiger partial charge is 0.271 e. The van der Waals surface area contributed by atoms with Crippen molar-refractivity contribution in [2.75, 3.05) is 25.5 Å². The minimum absolute atomic E-state index is 0.0769. The van der Waals surface area contributed by atoms with Gasteiger partial charge in [-0.05, 0) is 13.0 Å². The number of rotatable bonds is 5. The SMILES string of the molecule is CCN(C)C(=O)CNc1ccc([N+](=O)[O-])cc1Cl. The van der Waals surface area contributed by atoms with E-state index in [1.807, 2.05) is 6.92 Å². The number of amides is 1. The van der Waals surface area contributed by atoms with Crippen LogP contribution in [0.5, 0.6) is 0 Å². The maximum atomic E-state index is 11.5. The van der Waals surface area contributed by atoms with E-state index in [1.54, 1.807) is 11.9 Å². The van der Waals surface area contributed by atoms with E-state index in [0.29, 0.717) is 12.2 Å². The molecule has 6 nitrogen and oxygen atoms in total. The monoisotopic (exact) mass is 271 g/mol. The van der Waals surface area contributed by atoms with Gasteiger partial charge in [-0.25, -0.2) is 0 Å². The Bertz CT molecular complexity index is 465. The fraction of sp³-hybridized carbons (Fsp3) is 0.364. The van der Waals surface area contributed by atoms with E-state index < -0.39 is 4.92 Å². The quantitative estimate of drug-likeness (QED) is 0.658. The number of carbonyl (C=O) groups excluding carboxylic acids is 1. The van der Waals surface area contributed by atoms with Gasteiger partial charge in [0.05, 0.1) is 22.2 Å². The highest BCUT2D eigenvalue weighted by Gasteiger charge is 2.11. The molecule has 0 aliphatic rings. The minimum atomic E-state index is -0.522. The topological polar surface area (TPSA) is 75.5 Å². The van der Waals surface area contributed by atoms with Gasteiger partial charge in [0.2, 0.25) is 5.91 Å². The standard InChI is InChI=1S/C11H14ClN3O3/c1-3-14(2)11(16)7-13-10-5-4-8(15(17)18)6-9(10)12/h4-6,13H,3,7H2,1-2H3. The first kappa shape index (κ1) is 14.2. The molecular weight excluding hydrogens is 258 g/mol. The number of nitro groups is 1. The summed E-state index contributed by atoms with van der Waals surface area (Å²) in [6.07, 6.45) is 0. The van der Waals surface area contributed by atoms with E-state index in [2.05, 4.69) is 5.32 Å². The van der Waals surface area contributed by atoms with Crippen molar-refractivity contribution in [1.29, 1.82) is 0 Å². The van der Waals surface area contributed by atoms with Crippen LogP contribution in [0.3, 0.4) is 0 Å². The van der Waals surface area contributed by atoms with E-state index in [4.69, 9.17) is 11.6 Å². The van der Waals surface area contributed by atoms with Gasteiger partial charge in [0, 0.05) is 25.7 Å². The summed E-state index contributed by atoms with van der Waals surface area (Å²) in [5, 5.41) is 13.6. The molecule has 1 N–H and O–H groups in total. The van der Waals surface area contributed by atoms with Crippen molar-refractivity contribution in [2.24, 2.45) is 0 Å². The average Bonchev–Trinajstić information content (AvgIpc) is 2.35. The fourth-order valence-electron chi connectivity index (χ4n) is 1.24. The predicted molar refractivity (Wildman–Crippen MR) is 69.9 cm³/mol. The van der Waals surface area contributed by atoms with Gasteiger partial charge in [0.15, 0.2) is 0 Å². The summed E-state index contributed by atoms with van der Waals surface area (Å²) in [5.41, 5.74) is 0.419. The molecule has 0 saturated carbocycles. The van der Waals surface area contributed by atoms with E-state index in [-0.39, 0.29) is 23.2 Å². The molecule has 0 heterocycles. The summed E-state index contributed by atoms with van der Waals surface area (Å²) in [6, 6.07) is 4.07. The Morgan fingerprint density at radius 2 is 2.22 bits per heavy atom. The van der Waals surface area contributed by atoms with Gasteiger partial charge in [-0.1, -0.05) is 11.6 Å². The zero-order valence-electron chi connectivity index (χ0n) is 10.1. The Kier molecular flexibility index (Phi) is 4.91. The number of anilines is 1. The van der Waals surface area contributed by atoms with Gasteiger partial charge in [-0.15, -0.1) is 0 Å². The van der Waals surface area contributed by atoms with Gasteiger partial charge in [0.1, 0.15) is 0 Å². The highest BCUT2D eigenvalue weighted by molar-refractivity contribution is 6.33. The molecule has 0 aliphatic heterocycles. The third kappa shape index (κ3) is 3.59. The highest BCUT2D eigenvalue weighted by Crippen LogP contribution is 2.26. The first-order valence-electron chi connectivity index (χ1n) is 5.37. The second kappa shape index (κ2) is 6.20. The minimum Gasteiger partial charge on any atom is -0.375 e. The van der Waals surface area contributed by atoms with Crippen molar-refractivity contribution < 1.29 is 9.72 Å². The lowest BCUT2D eigenvalue weighted by Gasteiger charge is -2.15. The van der Waals surface area contributed by atoms with E-state index in [9.17, 15) is 14.9 Å². The van der Waals surface area contributed by atoms with Gasteiger partial charge in [-0.3, -0.25) is 14.9 Å².